The minimum Gasteiger partial charge on any atom is -0.347 e. The van der Waals surface area contributed by atoms with Gasteiger partial charge in [-0.15, -0.1) is 11.8 Å². The highest BCUT2D eigenvalue weighted by molar-refractivity contribution is 7.98. The van der Waals surface area contributed by atoms with Crippen molar-refractivity contribution in [1.82, 2.24) is 0 Å². The summed E-state index contributed by atoms with van der Waals surface area (Å²) in [4.78, 5) is 15.3. The van der Waals surface area contributed by atoms with Gasteiger partial charge in [-0.1, -0.05) is 0 Å². The predicted octanol–water partition coefficient (Wildman–Crippen LogP) is 1.91. The molecule has 1 rings (SSSR count). The van der Waals surface area contributed by atoms with Gasteiger partial charge in [-0.2, -0.15) is 0 Å². The smallest absolute Gasteiger partial charge is 0.320 e. The fourth-order valence-corrected chi connectivity index (χ4v) is 1.16. The lowest BCUT2D eigenvalue weighted by Gasteiger charge is -2.02. The first-order valence-electron chi connectivity index (χ1n) is 3.36. The van der Waals surface area contributed by atoms with Gasteiger partial charge in [0.05, 0.1) is 5.69 Å². The van der Waals surface area contributed by atoms with Crippen molar-refractivity contribution in [2.45, 2.75) is 4.90 Å². The molecular weight excluding hydrogens is 174 g/mol. The third-order valence-electron chi connectivity index (χ3n) is 1.31. The fraction of sp³-hybridized carbons (Fsp3) is 0.125. The van der Waals surface area contributed by atoms with Crippen LogP contribution in [0.1, 0.15) is 0 Å². The number of hydrogen-bond donors (Lipinski definition) is 1. The molecule has 0 saturated carbocycles. The summed E-state index contributed by atoms with van der Waals surface area (Å²) in [6.45, 7) is 0.350. The average molecular weight is 183 g/mol. The molecule has 0 aliphatic rings. The SMILES string of the molecule is CSc1ccc(NOC=O)cc1. The molecule has 0 aromatic heterocycles. The lowest BCUT2D eigenvalue weighted by atomic mass is 10.3. The number of rotatable bonds is 4. The van der Waals surface area contributed by atoms with E-state index in [0.29, 0.717) is 6.47 Å². The molecule has 4 heteroatoms. The molecule has 64 valence electrons. The molecule has 0 bridgehead atoms. The van der Waals surface area contributed by atoms with Crippen molar-refractivity contribution in [2.75, 3.05) is 11.7 Å². The fourth-order valence-electron chi connectivity index (χ4n) is 0.751. The Kier molecular flexibility index (Phi) is 3.47. The van der Waals surface area contributed by atoms with Crippen LogP contribution in [0.5, 0.6) is 0 Å². The molecule has 0 atom stereocenters. The second kappa shape index (κ2) is 4.66. The zero-order valence-corrected chi connectivity index (χ0v) is 7.43. The molecule has 0 heterocycles. The highest BCUT2D eigenvalue weighted by Gasteiger charge is 1.91. The van der Waals surface area contributed by atoms with E-state index in [1.165, 1.54) is 4.90 Å². The second-order valence-electron chi connectivity index (χ2n) is 2.04. The summed E-state index contributed by atoms with van der Waals surface area (Å²) in [6.07, 6.45) is 2.00. The minimum atomic E-state index is 0.350. The van der Waals surface area contributed by atoms with E-state index in [-0.39, 0.29) is 0 Å². The van der Waals surface area contributed by atoms with E-state index in [9.17, 15) is 4.79 Å². The van der Waals surface area contributed by atoms with Crippen molar-refractivity contribution >= 4 is 23.9 Å². The van der Waals surface area contributed by atoms with E-state index in [0.717, 1.165) is 5.69 Å². The highest BCUT2D eigenvalue weighted by Crippen LogP contribution is 2.16. The maximum absolute atomic E-state index is 9.81. The van der Waals surface area contributed by atoms with Crippen molar-refractivity contribution in [3.63, 3.8) is 0 Å². The molecule has 1 aromatic rings. The van der Waals surface area contributed by atoms with Gasteiger partial charge in [-0.05, 0) is 30.5 Å². The topological polar surface area (TPSA) is 38.3 Å². The molecule has 0 unspecified atom stereocenters. The first-order chi connectivity index (χ1) is 5.86. The Morgan fingerprint density at radius 3 is 2.58 bits per heavy atom. The predicted molar refractivity (Wildman–Crippen MR) is 49.0 cm³/mol. The van der Waals surface area contributed by atoms with Gasteiger partial charge >= 0.3 is 6.47 Å². The van der Waals surface area contributed by atoms with Crippen LogP contribution in [0, 0.1) is 0 Å². The van der Waals surface area contributed by atoms with Crippen molar-refractivity contribution in [2.24, 2.45) is 0 Å². The number of carbonyl (C=O) groups is 1. The van der Waals surface area contributed by atoms with Gasteiger partial charge < -0.3 is 4.84 Å². The van der Waals surface area contributed by atoms with E-state index >= 15 is 0 Å². The van der Waals surface area contributed by atoms with Crippen LogP contribution in [0.2, 0.25) is 0 Å². The molecule has 0 radical (unpaired) electrons. The van der Waals surface area contributed by atoms with E-state index in [2.05, 4.69) is 10.3 Å². The number of nitrogens with one attached hydrogen (secondary N) is 1. The summed E-state index contributed by atoms with van der Waals surface area (Å²) in [7, 11) is 0. The van der Waals surface area contributed by atoms with E-state index in [1.807, 2.05) is 30.5 Å². The maximum Gasteiger partial charge on any atom is 0.320 e. The summed E-state index contributed by atoms with van der Waals surface area (Å²) < 4.78 is 0. The number of benzene rings is 1. The van der Waals surface area contributed by atoms with Crippen LogP contribution in [-0.2, 0) is 9.63 Å². The summed E-state index contributed by atoms with van der Waals surface area (Å²) in [5, 5.41) is 0. The van der Waals surface area contributed by atoms with Crippen LogP contribution in [0.4, 0.5) is 5.69 Å². The Morgan fingerprint density at radius 1 is 1.42 bits per heavy atom. The molecule has 0 spiro atoms. The molecule has 0 aliphatic heterocycles. The molecule has 0 amide bonds. The van der Waals surface area contributed by atoms with Crippen LogP contribution in [0.3, 0.4) is 0 Å². The largest absolute Gasteiger partial charge is 0.347 e. The second-order valence-corrected chi connectivity index (χ2v) is 2.92. The molecule has 0 aliphatic carbocycles. The minimum absolute atomic E-state index is 0.350. The Morgan fingerprint density at radius 2 is 2.08 bits per heavy atom. The first kappa shape index (κ1) is 8.93. The van der Waals surface area contributed by atoms with Gasteiger partial charge in [0.15, 0.2) is 0 Å². The zero-order valence-electron chi connectivity index (χ0n) is 6.61. The Balaban J connectivity index is 2.58. The maximum atomic E-state index is 9.81. The van der Waals surface area contributed by atoms with Crippen molar-refractivity contribution < 1.29 is 9.63 Å². The van der Waals surface area contributed by atoms with Gasteiger partial charge in [0.2, 0.25) is 0 Å². The monoisotopic (exact) mass is 183 g/mol. The van der Waals surface area contributed by atoms with E-state index in [1.54, 1.807) is 11.8 Å². The van der Waals surface area contributed by atoms with Crippen molar-refractivity contribution in [3.8, 4) is 0 Å². The van der Waals surface area contributed by atoms with Gasteiger partial charge in [-0.25, -0.2) is 5.48 Å². The van der Waals surface area contributed by atoms with E-state index < -0.39 is 0 Å². The van der Waals surface area contributed by atoms with Gasteiger partial charge in [-0.3, -0.25) is 4.79 Å². The Hall–Kier alpha value is -1.16. The van der Waals surface area contributed by atoms with Crippen molar-refractivity contribution in [3.05, 3.63) is 24.3 Å². The molecule has 0 fully saturated rings. The Labute approximate surface area is 75.1 Å². The van der Waals surface area contributed by atoms with Crippen LogP contribution in [0.15, 0.2) is 29.2 Å². The highest BCUT2D eigenvalue weighted by atomic mass is 32.2. The quantitative estimate of drug-likeness (QED) is 0.439. The number of hydrogen-bond acceptors (Lipinski definition) is 4. The molecule has 3 nitrogen and oxygen atoms in total. The number of thioether (sulfide) groups is 1. The normalized spacial score (nSPS) is 9.08. The molecule has 0 saturated heterocycles. The average Bonchev–Trinajstić information content (AvgIpc) is 2.15. The molecular formula is C8H9NO2S. The van der Waals surface area contributed by atoms with Crippen molar-refractivity contribution in [1.29, 1.82) is 0 Å². The Bertz CT molecular complexity index is 248. The summed E-state index contributed by atoms with van der Waals surface area (Å²) >= 11 is 1.66. The number of anilines is 1. The third kappa shape index (κ3) is 2.47. The van der Waals surface area contributed by atoms with E-state index in [4.69, 9.17) is 0 Å². The molecule has 1 N–H and O–H groups in total. The number of carbonyl (C=O) groups excluding carboxylic acids is 1. The third-order valence-corrected chi connectivity index (χ3v) is 2.06. The molecule has 12 heavy (non-hydrogen) atoms. The zero-order chi connectivity index (χ0) is 8.81. The standard InChI is InChI=1S/C8H9NO2S/c1-12-8-4-2-7(3-5-8)9-11-6-10/h2-6,9H,1H3. The van der Waals surface area contributed by atoms with Gasteiger partial charge in [0.25, 0.3) is 0 Å². The van der Waals surface area contributed by atoms with Gasteiger partial charge in [0, 0.05) is 4.90 Å². The van der Waals surface area contributed by atoms with Crippen LogP contribution in [-0.4, -0.2) is 12.7 Å². The van der Waals surface area contributed by atoms with Gasteiger partial charge in [0.1, 0.15) is 0 Å². The van der Waals surface area contributed by atoms with Crippen LogP contribution in [0.25, 0.3) is 0 Å². The van der Waals surface area contributed by atoms with Crippen LogP contribution < -0.4 is 5.48 Å². The van der Waals surface area contributed by atoms with Crippen LogP contribution >= 0.6 is 11.8 Å². The lowest BCUT2D eigenvalue weighted by Crippen LogP contribution is -1.97. The summed E-state index contributed by atoms with van der Waals surface area (Å²) in [5.74, 6) is 0. The molecule has 1 aromatic carbocycles. The summed E-state index contributed by atoms with van der Waals surface area (Å²) in [6, 6.07) is 7.58. The first-order valence-corrected chi connectivity index (χ1v) is 4.58. The summed E-state index contributed by atoms with van der Waals surface area (Å²) in [5.41, 5.74) is 3.23. The lowest BCUT2D eigenvalue weighted by molar-refractivity contribution is -0.126.